The summed E-state index contributed by atoms with van der Waals surface area (Å²) in [4.78, 5) is 8.95. The molecule has 1 aromatic carbocycles. The summed E-state index contributed by atoms with van der Waals surface area (Å²) < 4.78 is 0. The molecular weight excluding hydrogens is 264 g/mol. The average Bonchev–Trinajstić information content (AvgIpc) is 3.05. The van der Waals surface area contributed by atoms with E-state index in [9.17, 15) is 0 Å². The lowest BCUT2D eigenvalue weighted by atomic mass is 9.86. The first kappa shape index (κ1) is 12.5. The van der Waals surface area contributed by atoms with E-state index in [0.29, 0.717) is 11.8 Å². The summed E-state index contributed by atoms with van der Waals surface area (Å²) in [5, 5.41) is 1.36. The molecule has 0 radical (unpaired) electrons. The summed E-state index contributed by atoms with van der Waals surface area (Å²) in [5.74, 6) is 1.27. The van der Waals surface area contributed by atoms with E-state index in [2.05, 4.69) is 43.1 Å². The molecule has 2 heterocycles. The van der Waals surface area contributed by atoms with Gasteiger partial charge in [-0.1, -0.05) is 31.2 Å². The number of hydrogen-bond acceptors (Lipinski definition) is 3. The van der Waals surface area contributed by atoms with Crippen LogP contribution in [0.3, 0.4) is 0 Å². The zero-order valence-electron chi connectivity index (χ0n) is 12.1. The maximum absolute atomic E-state index is 5.03. The number of nitrogens with zero attached hydrogens (tertiary/aromatic N) is 2. The molecule has 1 fully saturated rings. The number of likely N-dealkylation sites (tertiary alicyclic amines) is 1. The van der Waals surface area contributed by atoms with Crippen LogP contribution in [0, 0.1) is 0 Å². The third-order valence-electron chi connectivity index (χ3n) is 4.69. The summed E-state index contributed by atoms with van der Waals surface area (Å²) in [5.41, 5.74) is 4.11. The van der Waals surface area contributed by atoms with Gasteiger partial charge in [0.05, 0.1) is 10.7 Å². The summed E-state index contributed by atoms with van der Waals surface area (Å²) >= 11 is 1.96. The minimum absolute atomic E-state index is 0.623. The second-order valence-electron chi connectivity index (χ2n) is 6.26. The highest BCUT2D eigenvalue weighted by Crippen LogP contribution is 2.43. The lowest BCUT2D eigenvalue weighted by Crippen LogP contribution is -2.13. The van der Waals surface area contributed by atoms with Gasteiger partial charge in [-0.3, -0.25) is 0 Å². The van der Waals surface area contributed by atoms with Crippen LogP contribution < -0.4 is 0 Å². The molecule has 1 aliphatic carbocycles. The molecule has 3 heteroatoms. The smallest absolute Gasteiger partial charge is 0.0979 e. The number of fused-ring (bicyclic) bond motifs is 3. The molecule has 0 N–H and O–H groups in total. The van der Waals surface area contributed by atoms with Crippen molar-refractivity contribution < 1.29 is 0 Å². The fraction of sp³-hybridized carbons (Fsp3) is 0.471. The summed E-state index contributed by atoms with van der Waals surface area (Å²) in [6.07, 6.45) is 2.42. The van der Waals surface area contributed by atoms with Crippen molar-refractivity contribution in [3.8, 4) is 11.3 Å². The molecule has 2 aromatic rings. The molecule has 0 spiro atoms. The molecule has 2 aliphatic rings. The normalized spacial score (nSPS) is 25.5. The molecule has 104 valence electrons. The fourth-order valence-corrected chi connectivity index (χ4v) is 4.89. The summed E-state index contributed by atoms with van der Waals surface area (Å²) in [6.45, 7) is 4.72. The SMILES string of the molecule is CC1Cc2sc(C3CCN(C)C3)nc2-c2ccccc21. The van der Waals surface area contributed by atoms with Gasteiger partial charge >= 0.3 is 0 Å². The van der Waals surface area contributed by atoms with Crippen molar-refractivity contribution in [2.45, 2.75) is 31.6 Å². The third-order valence-corrected chi connectivity index (χ3v) is 5.93. The molecule has 1 aromatic heterocycles. The van der Waals surface area contributed by atoms with Gasteiger partial charge < -0.3 is 4.90 Å². The highest BCUT2D eigenvalue weighted by Gasteiger charge is 2.29. The van der Waals surface area contributed by atoms with Crippen LogP contribution in [0.4, 0.5) is 0 Å². The van der Waals surface area contributed by atoms with Gasteiger partial charge in [0.1, 0.15) is 0 Å². The molecule has 0 saturated carbocycles. The van der Waals surface area contributed by atoms with E-state index in [4.69, 9.17) is 4.98 Å². The Labute approximate surface area is 124 Å². The van der Waals surface area contributed by atoms with Crippen molar-refractivity contribution in [3.63, 3.8) is 0 Å². The van der Waals surface area contributed by atoms with Crippen LogP contribution in [0.2, 0.25) is 0 Å². The Morgan fingerprint density at radius 3 is 2.95 bits per heavy atom. The summed E-state index contributed by atoms with van der Waals surface area (Å²) in [7, 11) is 2.21. The zero-order chi connectivity index (χ0) is 13.7. The molecule has 2 atom stereocenters. The molecule has 2 nitrogen and oxygen atoms in total. The summed E-state index contributed by atoms with van der Waals surface area (Å²) in [6, 6.07) is 8.81. The number of rotatable bonds is 1. The van der Waals surface area contributed by atoms with E-state index in [0.717, 1.165) is 6.42 Å². The van der Waals surface area contributed by atoms with E-state index in [1.807, 2.05) is 11.3 Å². The van der Waals surface area contributed by atoms with Crippen molar-refractivity contribution in [2.24, 2.45) is 0 Å². The zero-order valence-corrected chi connectivity index (χ0v) is 12.9. The van der Waals surface area contributed by atoms with Gasteiger partial charge in [0, 0.05) is 22.9 Å². The van der Waals surface area contributed by atoms with Gasteiger partial charge in [-0.2, -0.15) is 0 Å². The van der Waals surface area contributed by atoms with Crippen molar-refractivity contribution in [1.82, 2.24) is 9.88 Å². The van der Waals surface area contributed by atoms with E-state index >= 15 is 0 Å². The second kappa shape index (κ2) is 4.68. The number of thiazole rings is 1. The van der Waals surface area contributed by atoms with Crippen molar-refractivity contribution in [2.75, 3.05) is 20.1 Å². The van der Waals surface area contributed by atoms with Gasteiger partial charge in [-0.05, 0) is 37.9 Å². The highest BCUT2D eigenvalue weighted by molar-refractivity contribution is 7.12. The van der Waals surface area contributed by atoms with Crippen LogP contribution in [-0.2, 0) is 6.42 Å². The molecule has 1 aliphatic heterocycles. The lowest BCUT2D eigenvalue weighted by molar-refractivity contribution is 0.411. The molecular formula is C17H20N2S. The Morgan fingerprint density at radius 2 is 2.15 bits per heavy atom. The first-order valence-corrected chi connectivity index (χ1v) is 8.31. The minimum Gasteiger partial charge on any atom is -0.306 e. The molecule has 0 amide bonds. The minimum atomic E-state index is 0.623. The largest absolute Gasteiger partial charge is 0.306 e. The second-order valence-corrected chi connectivity index (χ2v) is 7.38. The fourth-order valence-electron chi connectivity index (χ4n) is 3.56. The Bertz CT molecular complexity index is 646. The predicted molar refractivity (Wildman–Crippen MR) is 84.5 cm³/mol. The van der Waals surface area contributed by atoms with E-state index in [1.165, 1.54) is 46.2 Å². The van der Waals surface area contributed by atoms with Crippen molar-refractivity contribution in [1.29, 1.82) is 0 Å². The van der Waals surface area contributed by atoms with Gasteiger partial charge in [-0.15, -0.1) is 11.3 Å². The monoisotopic (exact) mass is 284 g/mol. The topological polar surface area (TPSA) is 16.1 Å². The van der Waals surface area contributed by atoms with Crippen LogP contribution >= 0.6 is 11.3 Å². The van der Waals surface area contributed by atoms with Crippen LogP contribution in [0.5, 0.6) is 0 Å². The van der Waals surface area contributed by atoms with Gasteiger partial charge in [-0.25, -0.2) is 4.98 Å². The quantitative estimate of drug-likeness (QED) is 0.790. The van der Waals surface area contributed by atoms with Crippen LogP contribution in [0.25, 0.3) is 11.3 Å². The average molecular weight is 284 g/mol. The van der Waals surface area contributed by atoms with E-state index in [1.54, 1.807) is 0 Å². The Kier molecular flexibility index (Phi) is 2.93. The Balaban J connectivity index is 1.77. The van der Waals surface area contributed by atoms with Crippen LogP contribution in [-0.4, -0.2) is 30.0 Å². The van der Waals surface area contributed by atoms with Gasteiger partial charge in [0.2, 0.25) is 0 Å². The number of likely N-dealkylation sites (N-methyl/N-ethyl adjacent to an activating group) is 1. The number of aromatic nitrogens is 1. The highest BCUT2D eigenvalue weighted by atomic mass is 32.1. The third kappa shape index (κ3) is 1.92. The predicted octanol–water partition coefficient (Wildman–Crippen LogP) is 3.89. The number of benzene rings is 1. The number of hydrogen-bond donors (Lipinski definition) is 0. The first-order chi connectivity index (χ1) is 9.72. The Morgan fingerprint density at radius 1 is 1.30 bits per heavy atom. The molecule has 1 saturated heterocycles. The van der Waals surface area contributed by atoms with Gasteiger partial charge in [0.25, 0.3) is 0 Å². The van der Waals surface area contributed by atoms with E-state index < -0.39 is 0 Å². The van der Waals surface area contributed by atoms with E-state index in [-0.39, 0.29) is 0 Å². The maximum atomic E-state index is 5.03. The Hall–Kier alpha value is -1.19. The van der Waals surface area contributed by atoms with Gasteiger partial charge in [0.15, 0.2) is 0 Å². The first-order valence-electron chi connectivity index (χ1n) is 7.50. The van der Waals surface area contributed by atoms with Crippen molar-refractivity contribution in [3.05, 3.63) is 39.7 Å². The maximum Gasteiger partial charge on any atom is 0.0979 e. The standard InChI is InChI=1S/C17H20N2S/c1-11-9-15-16(14-6-4-3-5-13(11)14)18-17(20-15)12-7-8-19(2)10-12/h3-6,11-12H,7-10H2,1-2H3. The van der Waals surface area contributed by atoms with Crippen molar-refractivity contribution >= 4 is 11.3 Å². The molecule has 20 heavy (non-hydrogen) atoms. The molecule has 0 bridgehead atoms. The van der Waals surface area contributed by atoms with Crippen LogP contribution in [0.15, 0.2) is 24.3 Å². The lowest BCUT2D eigenvalue weighted by Gasteiger charge is -2.21. The molecule has 2 unspecified atom stereocenters. The van der Waals surface area contributed by atoms with Crippen LogP contribution in [0.1, 0.15) is 40.6 Å². The molecule has 4 rings (SSSR count).